The molecule has 0 bridgehead atoms. The summed E-state index contributed by atoms with van der Waals surface area (Å²) in [6, 6.07) is 0.363. The van der Waals surface area contributed by atoms with E-state index in [1.54, 1.807) is 0 Å². The van der Waals surface area contributed by atoms with Crippen LogP contribution in [0.3, 0.4) is 0 Å². The second kappa shape index (κ2) is 6.11. The largest absolute Gasteiger partial charge is 0.395 e. The van der Waals surface area contributed by atoms with Gasteiger partial charge in [0.25, 0.3) is 0 Å². The molecule has 3 heteroatoms. The molecule has 0 aromatic rings. The van der Waals surface area contributed by atoms with Crippen LogP contribution < -0.4 is 5.73 Å². The minimum absolute atomic E-state index is 0.177. The molecule has 0 aromatic carbocycles. The molecule has 1 saturated carbocycles. The van der Waals surface area contributed by atoms with Crippen molar-refractivity contribution >= 4 is 0 Å². The summed E-state index contributed by atoms with van der Waals surface area (Å²) in [4.78, 5) is 2.47. The van der Waals surface area contributed by atoms with Crippen LogP contribution in [0.2, 0.25) is 0 Å². The van der Waals surface area contributed by atoms with E-state index in [4.69, 9.17) is 5.73 Å². The number of likely N-dealkylation sites (tertiary alicyclic amines) is 1. The highest BCUT2D eigenvalue weighted by Crippen LogP contribution is 2.37. The lowest BCUT2D eigenvalue weighted by Gasteiger charge is -2.34. The molecule has 3 N–H and O–H groups in total. The van der Waals surface area contributed by atoms with Crippen LogP contribution in [-0.4, -0.2) is 41.8 Å². The van der Waals surface area contributed by atoms with Crippen molar-refractivity contribution in [2.45, 2.75) is 65.0 Å². The standard InChI is InChI=1S/C16H32N2O/c1-16(2,3)13-5-4-9-18(10-8-13)14(11-19)15(17)12-6-7-12/h12-15,19H,4-11,17H2,1-3H3. The molecule has 112 valence electrons. The molecule has 3 atom stereocenters. The van der Waals surface area contributed by atoms with Gasteiger partial charge in [0.05, 0.1) is 6.61 Å². The summed E-state index contributed by atoms with van der Waals surface area (Å²) >= 11 is 0. The van der Waals surface area contributed by atoms with Crippen molar-refractivity contribution in [3.8, 4) is 0 Å². The molecular formula is C16H32N2O. The van der Waals surface area contributed by atoms with Gasteiger partial charge in [-0.3, -0.25) is 4.90 Å². The zero-order valence-corrected chi connectivity index (χ0v) is 12.9. The molecule has 1 aliphatic carbocycles. The van der Waals surface area contributed by atoms with E-state index in [2.05, 4.69) is 25.7 Å². The van der Waals surface area contributed by atoms with Gasteiger partial charge >= 0.3 is 0 Å². The number of nitrogens with two attached hydrogens (primary N) is 1. The van der Waals surface area contributed by atoms with Crippen LogP contribution in [0.4, 0.5) is 0 Å². The number of hydrogen-bond donors (Lipinski definition) is 2. The first-order valence-corrected chi connectivity index (χ1v) is 8.04. The van der Waals surface area contributed by atoms with E-state index in [0.717, 1.165) is 19.0 Å². The molecule has 0 spiro atoms. The van der Waals surface area contributed by atoms with Gasteiger partial charge in [0.15, 0.2) is 0 Å². The van der Waals surface area contributed by atoms with Crippen molar-refractivity contribution in [3.63, 3.8) is 0 Å². The molecular weight excluding hydrogens is 236 g/mol. The predicted octanol–water partition coefficient (Wildman–Crippen LogP) is 2.23. The lowest BCUT2D eigenvalue weighted by atomic mass is 9.77. The molecule has 1 saturated heterocycles. The Labute approximate surface area is 118 Å². The summed E-state index contributed by atoms with van der Waals surface area (Å²) in [5.74, 6) is 1.47. The fraction of sp³-hybridized carbons (Fsp3) is 1.00. The Bertz CT molecular complexity index is 283. The number of nitrogens with zero attached hydrogens (tertiary/aromatic N) is 1. The fourth-order valence-electron chi connectivity index (χ4n) is 3.59. The zero-order valence-electron chi connectivity index (χ0n) is 12.9. The number of aliphatic hydroxyl groups is 1. The summed E-state index contributed by atoms with van der Waals surface area (Å²) in [5, 5.41) is 9.72. The van der Waals surface area contributed by atoms with Crippen LogP contribution in [0.15, 0.2) is 0 Å². The first-order chi connectivity index (χ1) is 8.93. The Balaban J connectivity index is 1.93. The SMILES string of the molecule is CC(C)(C)C1CCCN(C(CO)C(N)C2CC2)CC1. The van der Waals surface area contributed by atoms with Crippen LogP contribution >= 0.6 is 0 Å². The molecule has 1 aliphatic heterocycles. The zero-order chi connectivity index (χ0) is 14.0. The molecule has 3 nitrogen and oxygen atoms in total. The van der Waals surface area contributed by atoms with Gasteiger partial charge < -0.3 is 10.8 Å². The van der Waals surface area contributed by atoms with E-state index in [1.807, 2.05) is 0 Å². The number of hydrogen-bond acceptors (Lipinski definition) is 3. The maximum atomic E-state index is 9.72. The van der Waals surface area contributed by atoms with Crippen molar-refractivity contribution in [1.82, 2.24) is 4.90 Å². The van der Waals surface area contributed by atoms with Gasteiger partial charge in [-0.25, -0.2) is 0 Å². The maximum absolute atomic E-state index is 9.72. The van der Waals surface area contributed by atoms with Crippen LogP contribution in [-0.2, 0) is 0 Å². The van der Waals surface area contributed by atoms with E-state index >= 15 is 0 Å². The van der Waals surface area contributed by atoms with Gasteiger partial charge in [-0.1, -0.05) is 20.8 Å². The Morgan fingerprint density at radius 2 is 1.84 bits per heavy atom. The van der Waals surface area contributed by atoms with Crippen LogP contribution in [0.1, 0.15) is 52.9 Å². The maximum Gasteiger partial charge on any atom is 0.0602 e. The van der Waals surface area contributed by atoms with Crippen LogP contribution in [0, 0.1) is 17.3 Å². The van der Waals surface area contributed by atoms with Gasteiger partial charge in [-0.15, -0.1) is 0 Å². The summed E-state index contributed by atoms with van der Waals surface area (Å²) < 4.78 is 0. The van der Waals surface area contributed by atoms with Crippen molar-refractivity contribution in [3.05, 3.63) is 0 Å². The molecule has 2 rings (SSSR count). The molecule has 2 fully saturated rings. The molecule has 3 unspecified atom stereocenters. The molecule has 19 heavy (non-hydrogen) atoms. The molecule has 0 aromatic heterocycles. The third-order valence-corrected chi connectivity index (χ3v) is 5.25. The number of aliphatic hydroxyl groups excluding tert-OH is 1. The first-order valence-electron chi connectivity index (χ1n) is 8.04. The molecule has 2 aliphatic rings. The van der Waals surface area contributed by atoms with E-state index in [-0.39, 0.29) is 18.7 Å². The summed E-state index contributed by atoms with van der Waals surface area (Å²) in [6.07, 6.45) is 6.33. The Kier molecular flexibility index (Phi) is 4.91. The third kappa shape index (κ3) is 3.93. The highest BCUT2D eigenvalue weighted by Gasteiger charge is 2.37. The topological polar surface area (TPSA) is 49.5 Å². The first kappa shape index (κ1) is 15.3. The molecule has 0 radical (unpaired) electrons. The van der Waals surface area contributed by atoms with Gasteiger partial charge in [-0.2, -0.15) is 0 Å². The predicted molar refractivity (Wildman–Crippen MR) is 79.9 cm³/mol. The Morgan fingerprint density at radius 3 is 2.37 bits per heavy atom. The summed E-state index contributed by atoms with van der Waals surface area (Å²) in [7, 11) is 0. The normalized spacial score (nSPS) is 29.8. The average molecular weight is 268 g/mol. The van der Waals surface area contributed by atoms with Gasteiger partial charge in [-0.05, 0) is 62.4 Å². The van der Waals surface area contributed by atoms with E-state index in [0.29, 0.717) is 11.3 Å². The second-order valence-electron chi connectivity index (χ2n) is 7.69. The Hall–Kier alpha value is -0.120. The lowest BCUT2D eigenvalue weighted by molar-refractivity contribution is 0.0974. The van der Waals surface area contributed by atoms with Crippen molar-refractivity contribution < 1.29 is 5.11 Å². The third-order valence-electron chi connectivity index (χ3n) is 5.25. The second-order valence-corrected chi connectivity index (χ2v) is 7.69. The summed E-state index contributed by atoms with van der Waals surface area (Å²) in [5.41, 5.74) is 6.74. The minimum Gasteiger partial charge on any atom is -0.395 e. The fourth-order valence-corrected chi connectivity index (χ4v) is 3.59. The Morgan fingerprint density at radius 1 is 1.16 bits per heavy atom. The van der Waals surface area contributed by atoms with Crippen molar-refractivity contribution in [2.75, 3.05) is 19.7 Å². The van der Waals surface area contributed by atoms with Gasteiger partial charge in [0, 0.05) is 12.1 Å². The van der Waals surface area contributed by atoms with Crippen LogP contribution in [0.5, 0.6) is 0 Å². The lowest BCUT2D eigenvalue weighted by Crippen LogP contribution is -2.51. The van der Waals surface area contributed by atoms with Gasteiger partial charge in [0.2, 0.25) is 0 Å². The smallest absolute Gasteiger partial charge is 0.0602 e. The average Bonchev–Trinajstić information content (AvgIpc) is 3.16. The van der Waals surface area contributed by atoms with Crippen molar-refractivity contribution in [2.24, 2.45) is 23.0 Å². The minimum atomic E-state index is 0.177. The molecule has 0 amide bonds. The number of rotatable bonds is 4. The van der Waals surface area contributed by atoms with Crippen molar-refractivity contribution in [1.29, 1.82) is 0 Å². The monoisotopic (exact) mass is 268 g/mol. The van der Waals surface area contributed by atoms with Crippen LogP contribution in [0.25, 0.3) is 0 Å². The van der Waals surface area contributed by atoms with E-state index in [1.165, 1.54) is 32.1 Å². The van der Waals surface area contributed by atoms with E-state index in [9.17, 15) is 5.11 Å². The van der Waals surface area contributed by atoms with Gasteiger partial charge in [0.1, 0.15) is 0 Å². The quantitative estimate of drug-likeness (QED) is 0.822. The summed E-state index contributed by atoms with van der Waals surface area (Å²) in [6.45, 7) is 9.50. The highest BCUT2D eigenvalue weighted by atomic mass is 16.3. The highest BCUT2D eigenvalue weighted by molar-refractivity contribution is 4.94. The molecule has 1 heterocycles. The van der Waals surface area contributed by atoms with E-state index < -0.39 is 0 Å².